The van der Waals surface area contributed by atoms with Crippen molar-refractivity contribution in [1.29, 1.82) is 0 Å². The molecule has 0 amide bonds. The molecule has 0 bridgehead atoms. The van der Waals surface area contributed by atoms with Crippen molar-refractivity contribution in [2.75, 3.05) is 6.54 Å². The first kappa shape index (κ1) is 10.5. The zero-order valence-corrected chi connectivity index (χ0v) is 9.83. The van der Waals surface area contributed by atoms with E-state index in [0.29, 0.717) is 5.56 Å². The van der Waals surface area contributed by atoms with Gasteiger partial charge >= 0.3 is 0 Å². The summed E-state index contributed by atoms with van der Waals surface area (Å²) in [6.07, 6.45) is 1.01. The fourth-order valence-electron chi connectivity index (χ4n) is 2.54. The highest BCUT2D eigenvalue weighted by molar-refractivity contribution is 5.63. The molecular weight excluding hydrogens is 215 g/mol. The maximum absolute atomic E-state index is 13.8. The molecule has 2 nitrogen and oxygen atoms in total. The van der Waals surface area contributed by atoms with Crippen LogP contribution in [-0.2, 0) is 20.0 Å². The number of aromatic nitrogens is 1. The van der Waals surface area contributed by atoms with Gasteiger partial charge in [-0.3, -0.25) is 0 Å². The van der Waals surface area contributed by atoms with Gasteiger partial charge in [0.15, 0.2) is 0 Å². The first-order valence-corrected chi connectivity index (χ1v) is 5.90. The van der Waals surface area contributed by atoms with E-state index in [1.807, 2.05) is 19.2 Å². The molecule has 1 aliphatic heterocycles. The van der Waals surface area contributed by atoms with Gasteiger partial charge in [-0.1, -0.05) is 12.1 Å². The molecule has 0 atom stereocenters. The van der Waals surface area contributed by atoms with E-state index in [1.165, 1.54) is 17.3 Å². The van der Waals surface area contributed by atoms with Crippen LogP contribution in [0.4, 0.5) is 4.39 Å². The van der Waals surface area contributed by atoms with E-state index in [1.54, 1.807) is 6.07 Å². The molecule has 3 rings (SSSR count). The SMILES string of the molecule is Cn1c(-c2ccccc2F)cc2c1CCNC2. The normalized spacial score (nSPS) is 14.7. The maximum Gasteiger partial charge on any atom is 0.132 e. The zero-order valence-electron chi connectivity index (χ0n) is 9.83. The minimum Gasteiger partial charge on any atom is -0.347 e. The lowest BCUT2D eigenvalue weighted by atomic mass is 10.1. The topological polar surface area (TPSA) is 17.0 Å². The molecule has 1 aromatic carbocycles. The summed E-state index contributed by atoms with van der Waals surface area (Å²) >= 11 is 0. The summed E-state index contributed by atoms with van der Waals surface area (Å²) < 4.78 is 15.9. The van der Waals surface area contributed by atoms with Gasteiger partial charge in [-0.15, -0.1) is 0 Å². The molecule has 0 radical (unpaired) electrons. The van der Waals surface area contributed by atoms with Gasteiger partial charge < -0.3 is 9.88 Å². The summed E-state index contributed by atoms with van der Waals surface area (Å²) in [5.74, 6) is -0.154. The number of nitrogens with one attached hydrogen (secondary N) is 1. The summed E-state index contributed by atoms with van der Waals surface area (Å²) in [6.45, 7) is 1.89. The third-order valence-electron chi connectivity index (χ3n) is 3.45. The van der Waals surface area contributed by atoms with E-state index in [9.17, 15) is 4.39 Å². The van der Waals surface area contributed by atoms with Crippen molar-refractivity contribution in [3.05, 3.63) is 47.4 Å². The number of rotatable bonds is 1. The molecule has 0 spiro atoms. The number of nitrogens with zero attached hydrogens (tertiary/aromatic N) is 1. The minimum atomic E-state index is -0.154. The van der Waals surface area contributed by atoms with Crippen molar-refractivity contribution in [2.24, 2.45) is 7.05 Å². The molecule has 1 aromatic heterocycles. The van der Waals surface area contributed by atoms with E-state index in [0.717, 1.165) is 25.2 Å². The molecule has 2 heterocycles. The molecule has 17 heavy (non-hydrogen) atoms. The molecule has 0 saturated heterocycles. The lowest BCUT2D eigenvalue weighted by molar-refractivity contribution is 0.616. The van der Waals surface area contributed by atoms with Gasteiger partial charge in [-0.2, -0.15) is 0 Å². The Morgan fingerprint density at radius 3 is 2.88 bits per heavy atom. The molecular formula is C14H15FN2. The molecule has 0 unspecified atom stereocenters. The number of hydrogen-bond acceptors (Lipinski definition) is 1. The van der Waals surface area contributed by atoms with E-state index < -0.39 is 0 Å². The van der Waals surface area contributed by atoms with Gasteiger partial charge in [0.25, 0.3) is 0 Å². The van der Waals surface area contributed by atoms with Crippen molar-refractivity contribution in [3.8, 4) is 11.3 Å². The maximum atomic E-state index is 13.8. The lowest BCUT2D eigenvalue weighted by Gasteiger charge is -2.15. The second-order valence-electron chi connectivity index (χ2n) is 4.47. The van der Waals surface area contributed by atoms with Crippen LogP contribution < -0.4 is 5.32 Å². The number of halogens is 1. The largest absolute Gasteiger partial charge is 0.347 e. The van der Waals surface area contributed by atoms with Crippen LogP contribution in [0.1, 0.15) is 11.3 Å². The van der Waals surface area contributed by atoms with Gasteiger partial charge in [0, 0.05) is 37.8 Å². The monoisotopic (exact) mass is 230 g/mol. The van der Waals surface area contributed by atoms with Crippen LogP contribution in [0.5, 0.6) is 0 Å². The Morgan fingerprint density at radius 2 is 2.12 bits per heavy atom. The van der Waals surface area contributed by atoms with E-state index in [-0.39, 0.29) is 5.82 Å². The van der Waals surface area contributed by atoms with Gasteiger partial charge in [-0.25, -0.2) is 4.39 Å². The molecule has 0 aliphatic carbocycles. The Bertz CT molecular complexity index is 557. The predicted octanol–water partition coefficient (Wildman–Crippen LogP) is 2.48. The van der Waals surface area contributed by atoms with Crippen molar-refractivity contribution in [2.45, 2.75) is 13.0 Å². The Kier molecular flexibility index (Phi) is 2.48. The number of fused-ring (bicyclic) bond motifs is 1. The second-order valence-corrected chi connectivity index (χ2v) is 4.47. The standard InChI is InChI=1S/C14H15FN2/c1-17-13-6-7-16-9-10(13)8-14(17)11-4-2-3-5-12(11)15/h2-5,8,16H,6-7,9H2,1H3. The van der Waals surface area contributed by atoms with Crippen LogP contribution in [0.15, 0.2) is 30.3 Å². The average Bonchev–Trinajstić information content (AvgIpc) is 2.68. The van der Waals surface area contributed by atoms with Gasteiger partial charge in [-0.05, 0) is 23.8 Å². The Labute approximate surface area is 100 Å². The molecule has 1 N–H and O–H groups in total. The summed E-state index contributed by atoms with van der Waals surface area (Å²) in [5, 5.41) is 3.34. The Hall–Kier alpha value is -1.61. The number of hydrogen-bond donors (Lipinski definition) is 1. The van der Waals surface area contributed by atoms with Crippen molar-refractivity contribution in [3.63, 3.8) is 0 Å². The molecule has 3 heteroatoms. The van der Waals surface area contributed by atoms with Crippen LogP contribution in [0, 0.1) is 5.82 Å². The van der Waals surface area contributed by atoms with Crippen molar-refractivity contribution in [1.82, 2.24) is 9.88 Å². The first-order valence-electron chi connectivity index (χ1n) is 5.90. The van der Waals surface area contributed by atoms with E-state index >= 15 is 0 Å². The minimum absolute atomic E-state index is 0.154. The van der Waals surface area contributed by atoms with Crippen molar-refractivity contribution < 1.29 is 4.39 Å². The smallest absolute Gasteiger partial charge is 0.132 e. The molecule has 2 aromatic rings. The van der Waals surface area contributed by atoms with Crippen molar-refractivity contribution >= 4 is 0 Å². The lowest BCUT2D eigenvalue weighted by Crippen LogP contribution is -2.24. The van der Waals surface area contributed by atoms with Crippen LogP contribution >= 0.6 is 0 Å². The molecule has 1 aliphatic rings. The summed E-state index contributed by atoms with van der Waals surface area (Å²) in [4.78, 5) is 0. The zero-order chi connectivity index (χ0) is 11.8. The Balaban J connectivity index is 2.16. The van der Waals surface area contributed by atoms with Gasteiger partial charge in [0.2, 0.25) is 0 Å². The summed E-state index contributed by atoms with van der Waals surface area (Å²) in [7, 11) is 2.02. The van der Waals surface area contributed by atoms with Crippen LogP contribution in [0.2, 0.25) is 0 Å². The van der Waals surface area contributed by atoms with E-state index in [4.69, 9.17) is 0 Å². The average molecular weight is 230 g/mol. The van der Waals surface area contributed by atoms with E-state index in [2.05, 4.69) is 16.0 Å². The third kappa shape index (κ3) is 1.67. The quantitative estimate of drug-likeness (QED) is 0.796. The van der Waals surface area contributed by atoms with Crippen LogP contribution in [-0.4, -0.2) is 11.1 Å². The fraction of sp³-hybridized carbons (Fsp3) is 0.286. The summed E-state index contributed by atoms with van der Waals surface area (Å²) in [5.41, 5.74) is 4.26. The fourth-order valence-corrected chi connectivity index (χ4v) is 2.54. The highest BCUT2D eigenvalue weighted by Crippen LogP contribution is 2.28. The highest BCUT2D eigenvalue weighted by Gasteiger charge is 2.17. The number of benzene rings is 1. The summed E-state index contributed by atoms with van der Waals surface area (Å²) in [6, 6.07) is 9.05. The highest BCUT2D eigenvalue weighted by atomic mass is 19.1. The van der Waals surface area contributed by atoms with Crippen LogP contribution in [0.25, 0.3) is 11.3 Å². The second kappa shape index (κ2) is 4.00. The van der Waals surface area contributed by atoms with Gasteiger partial charge in [0.05, 0.1) is 5.69 Å². The molecule has 88 valence electrons. The first-order chi connectivity index (χ1) is 8.27. The molecule has 0 fully saturated rings. The Morgan fingerprint density at radius 1 is 1.29 bits per heavy atom. The van der Waals surface area contributed by atoms with Crippen LogP contribution in [0.3, 0.4) is 0 Å². The predicted molar refractivity (Wildman–Crippen MR) is 66.2 cm³/mol. The molecule has 0 saturated carbocycles. The third-order valence-corrected chi connectivity index (χ3v) is 3.45. The van der Waals surface area contributed by atoms with Gasteiger partial charge in [0.1, 0.15) is 5.82 Å².